The summed E-state index contributed by atoms with van der Waals surface area (Å²) < 4.78 is 19.0. The number of aliphatic hydroxyl groups excluding tert-OH is 1. The van der Waals surface area contributed by atoms with E-state index in [9.17, 15) is 19.5 Å². The first-order valence-corrected chi connectivity index (χ1v) is 15.0. The molecule has 5 atom stereocenters. The maximum Gasteiger partial charge on any atom is 0.249 e. The van der Waals surface area contributed by atoms with Gasteiger partial charge in [-0.05, 0) is 35.1 Å². The minimum Gasteiger partial charge on any atom is -0.469 e. The molecule has 4 aromatic rings. The molecular weight excluding hydrogens is 578 g/mol. The Balaban J connectivity index is 1.48. The average molecular weight is 612 g/mol. The van der Waals surface area contributed by atoms with Gasteiger partial charge >= 0.3 is 0 Å². The molecule has 45 heavy (non-hydrogen) atoms. The highest BCUT2D eigenvalue weighted by molar-refractivity contribution is 5.90. The van der Waals surface area contributed by atoms with Gasteiger partial charge in [0.05, 0.1) is 0 Å². The van der Waals surface area contributed by atoms with Crippen LogP contribution in [0.2, 0.25) is 0 Å². The van der Waals surface area contributed by atoms with Gasteiger partial charge in [-0.3, -0.25) is 14.4 Å². The van der Waals surface area contributed by atoms with Crippen LogP contribution in [0.25, 0.3) is 11.6 Å². The van der Waals surface area contributed by atoms with Crippen molar-refractivity contribution in [1.29, 1.82) is 0 Å². The predicted molar refractivity (Wildman–Crippen MR) is 160 cm³/mol. The number of aliphatic hydroxyl groups is 1. The van der Waals surface area contributed by atoms with Gasteiger partial charge in [-0.15, -0.1) is 0 Å². The largest absolute Gasteiger partial charge is 0.469 e. The minimum absolute atomic E-state index is 0.0840. The van der Waals surface area contributed by atoms with Crippen molar-refractivity contribution in [2.75, 3.05) is 5.32 Å². The van der Waals surface area contributed by atoms with Gasteiger partial charge in [0, 0.05) is 17.7 Å². The molecule has 0 radical (unpaired) electrons. The van der Waals surface area contributed by atoms with Crippen molar-refractivity contribution in [2.45, 2.75) is 63.9 Å². The van der Waals surface area contributed by atoms with Crippen molar-refractivity contribution < 1.29 is 33.1 Å². The third-order valence-electron chi connectivity index (χ3n) is 8.80. The summed E-state index contributed by atoms with van der Waals surface area (Å²) in [5, 5.41) is 19.8. The zero-order valence-corrected chi connectivity index (χ0v) is 25.2. The Bertz CT molecular complexity index is 1830. The molecule has 2 unspecified atom stereocenters. The van der Waals surface area contributed by atoms with E-state index in [1.165, 1.54) is 6.26 Å². The van der Waals surface area contributed by atoms with Crippen LogP contribution in [0, 0.1) is 11.8 Å². The lowest BCUT2D eigenvalue weighted by molar-refractivity contribution is -0.135. The maximum atomic E-state index is 13.9. The number of fused-ring (bicyclic) bond motifs is 4. The van der Waals surface area contributed by atoms with Gasteiger partial charge in [0.15, 0.2) is 24.0 Å². The number of aromatic nitrogens is 2. The fourth-order valence-corrected chi connectivity index (χ4v) is 6.46. The average Bonchev–Trinajstić information content (AvgIpc) is 3.79. The van der Waals surface area contributed by atoms with E-state index in [1.807, 2.05) is 56.3 Å². The van der Waals surface area contributed by atoms with Gasteiger partial charge in [0.2, 0.25) is 23.6 Å². The summed E-state index contributed by atoms with van der Waals surface area (Å²) in [4.78, 5) is 47.7. The number of ether oxygens (including phenoxy) is 1. The van der Waals surface area contributed by atoms with Crippen LogP contribution >= 0.6 is 0 Å². The Labute approximate surface area is 258 Å². The lowest BCUT2D eigenvalue weighted by Gasteiger charge is -2.29. The highest BCUT2D eigenvalue weighted by Crippen LogP contribution is 2.59. The summed E-state index contributed by atoms with van der Waals surface area (Å²) in [5.41, 5.74) is 2.55. The molecule has 1 spiro atoms. The number of carbonyl (C=O) groups is 3. The van der Waals surface area contributed by atoms with E-state index in [4.69, 9.17) is 18.6 Å². The lowest BCUT2D eigenvalue weighted by atomic mass is 9.72. The molecule has 0 saturated heterocycles. The molecule has 12 heteroatoms. The number of hydrogen-bond donors (Lipinski definition) is 4. The number of rotatable bonds is 6. The van der Waals surface area contributed by atoms with Gasteiger partial charge in [0.1, 0.15) is 41.3 Å². The Morgan fingerprint density at radius 1 is 1.11 bits per heavy atom. The van der Waals surface area contributed by atoms with Crippen molar-refractivity contribution in [3.8, 4) is 17.3 Å². The van der Waals surface area contributed by atoms with Gasteiger partial charge in [-0.1, -0.05) is 58.0 Å². The highest BCUT2D eigenvalue weighted by atomic mass is 16.5. The standard InChI is InChI=1S/C33H33N5O7/c1-15(2)24-31-38-25(30-34-18(13-39)14-43-30)27(45-31)33-19-7-5-6-8-21(19)36-32(33)44-23-10-9-17(11-20(23)33)12-22(28(41)37-24)35-29(42)26(40)16(3)4/h5-11,13-16,22,24,26,32,36,40H,12H2,1-4H3,(H,35,42)(H,37,41)/t22-,24-,26-,32?,33?/m0/s1. The Kier molecular flexibility index (Phi) is 6.77. The highest BCUT2D eigenvalue weighted by Gasteiger charge is 2.61. The fourth-order valence-electron chi connectivity index (χ4n) is 6.46. The van der Waals surface area contributed by atoms with E-state index < -0.39 is 41.6 Å². The van der Waals surface area contributed by atoms with E-state index in [1.54, 1.807) is 13.8 Å². The number of nitrogens with zero attached hydrogens (tertiary/aromatic N) is 2. The zero-order chi connectivity index (χ0) is 31.6. The van der Waals surface area contributed by atoms with Crippen LogP contribution in [0.5, 0.6) is 5.75 Å². The number of aldehydes is 1. The quantitative estimate of drug-likeness (QED) is 0.237. The number of nitrogens with one attached hydrogen (secondary N) is 3. The molecule has 2 aromatic heterocycles. The Hall–Kier alpha value is -4.97. The summed E-state index contributed by atoms with van der Waals surface area (Å²) in [7, 11) is 0. The molecule has 0 saturated carbocycles. The van der Waals surface area contributed by atoms with Crippen LogP contribution in [0.4, 0.5) is 5.69 Å². The normalized spacial score (nSPS) is 23.6. The first kappa shape index (κ1) is 28.8. The van der Waals surface area contributed by atoms with Crippen molar-refractivity contribution in [3.05, 3.63) is 82.8 Å². The zero-order valence-electron chi connectivity index (χ0n) is 25.2. The molecule has 0 aliphatic carbocycles. The lowest BCUT2D eigenvalue weighted by Crippen LogP contribution is -2.52. The van der Waals surface area contributed by atoms with Crippen molar-refractivity contribution in [3.63, 3.8) is 0 Å². The number of benzene rings is 2. The summed E-state index contributed by atoms with van der Waals surface area (Å²) in [5.74, 6) is -0.357. The molecule has 232 valence electrons. The number of amides is 2. The third-order valence-corrected chi connectivity index (χ3v) is 8.80. The van der Waals surface area contributed by atoms with E-state index >= 15 is 0 Å². The molecular formula is C33H33N5O7. The fraction of sp³-hybridized carbons (Fsp3) is 0.364. The molecule has 2 amide bonds. The Morgan fingerprint density at radius 2 is 1.91 bits per heavy atom. The van der Waals surface area contributed by atoms with Crippen LogP contribution in [0.15, 0.2) is 57.6 Å². The van der Waals surface area contributed by atoms with Gasteiger partial charge in [0.25, 0.3) is 0 Å². The minimum atomic E-state index is -1.28. The molecule has 4 N–H and O–H groups in total. The van der Waals surface area contributed by atoms with Crippen molar-refractivity contribution in [1.82, 2.24) is 20.6 Å². The summed E-state index contributed by atoms with van der Waals surface area (Å²) in [6, 6.07) is 11.7. The first-order valence-electron chi connectivity index (χ1n) is 15.0. The third kappa shape index (κ3) is 4.42. The first-order chi connectivity index (χ1) is 21.6. The van der Waals surface area contributed by atoms with E-state index in [2.05, 4.69) is 20.9 Å². The van der Waals surface area contributed by atoms with Crippen molar-refractivity contribution in [2.24, 2.45) is 11.8 Å². The van der Waals surface area contributed by atoms with E-state index in [0.29, 0.717) is 17.8 Å². The van der Waals surface area contributed by atoms with Gasteiger partial charge < -0.3 is 34.6 Å². The summed E-state index contributed by atoms with van der Waals surface area (Å²) >= 11 is 0. The van der Waals surface area contributed by atoms with Crippen LogP contribution in [0.1, 0.15) is 72.6 Å². The smallest absolute Gasteiger partial charge is 0.249 e. The van der Waals surface area contributed by atoms with Crippen LogP contribution in [0.3, 0.4) is 0 Å². The molecule has 4 bridgehead atoms. The van der Waals surface area contributed by atoms with E-state index in [-0.39, 0.29) is 41.4 Å². The van der Waals surface area contributed by atoms with Crippen molar-refractivity contribution >= 4 is 23.8 Å². The summed E-state index contributed by atoms with van der Waals surface area (Å²) in [6.45, 7) is 7.29. The molecule has 2 aromatic carbocycles. The number of carbonyl (C=O) groups excluding carboxylic acids is 3. The number of hydrogen-bond acceptors (Lipinski definition) is 10. The van der Waals surface area contributed by atoms with Gasteiger partial charge in [-0.2, -0.15) is 0 Å². The molecule has 12 nitrogen and oxygen atoms in total. The van der Waals surface area contributed by atoms with Crippen LogP contribution in [-0.4, -0.2) is 51.5 Å². The monoisotopic (exact) mass is 611 g/mol. The second kappa shape index (κ2) is 10.6. The SMILES string of the molecule is CC(C)[C@H](O)C(=O)N[C@H]1Cc2ccc3c(c2)C2(c4ccccc4NC2O3)c2oc(nc2-c2nc(C=O)co2)[C@H](C(C)C)NC1=O. The topological polar surface area (TPSA) is 169 Å². The van der Waals surface area contributed by atoms with Crippen LogP contribution < -0.4 is 20.7 Å². The molecule has 3 aliphatic rings. The van der Waals surface area contributed by atoms with Crippen LogP contribution in [-0.2, 0) is 21.4 Å². The number of anilines is 1. The number of oxazole rings is 2. The Morgan fingerprint density at radius 3 is 2.64 bits per heavy atom. The second-order valence-electron chi connectivity index (χ2n) is 12.4. The molecule has 0 fully saturated rings. The van der Waals surface area contributed by atoms with E-state index in [0.717, 1.165) is 22.4 Å². The number of para-hydroxylation sites is 1. The molecule has 5 heterocycles. The summed E-state index contributed by atoms with van der Waals surface area (Å²) in [6.07, 6.45) is 0.0750. The molecule has 3 aliphatic heterocycles. The van der Waals surface area contributed by atoms with Gasteiger partial charge in [-0.25, -0.2) is 9.97 Å². The molecule has 7 rings (SSSR count). The second-order valence-corrected chi connectivity index (χ2v) is 12.4. The maximum absolute atomic E-state index is 13.9. The predicted octanol–water partition coefficient (Wildman–Crippen LogP) is 3.49.